The maximum atomic E-state index is 9.30. The third-order valence-corrected chi connectivity index (χ3v) is 0.365. The van der Waals surface area contributed by atoms with Gasteiger partial charge < -0.3 is 0 Å². The third-order valence-electron chi connectivity index (χ3n) is 0.365. The Bertz CT molecular complexity index is 92.5. The standard InChI is InChI=1S/C5H6O/c1-2-3-4-5-6/h3H,2H2,1H3. The lowest BCUT2D eigenvalue weighted by molar-refractivity contribution is 0.569. The Kier molecular flexibility index (Phi) is 3.69. The molecular weight excluding hydrogens is 76.1 g/mol. The molecule has 0 bridgehead atoms. The van der Waals surface area contributed by atoms with Gasteiger partial charge in [0.25, 0.3) is 0 Å². The lowest BCUT2D eigenvalue weighted by Gasteiger charge is -1.58. The van der Waals surface area contributed by atoms with E-state index in [9.17, 15) is 4.79 Å². The van der Waals surface area contributed by atoms with Gasteiger partial charge in [-0.3, -0.25) is 0 Å². The van der Waals surface area contributed by atoms with E-state index in [1.165, 1.54) is 5.94 Å². The topological polar surface area (TPSA) is 17.1 Å². The molecule has 0 fully saturated rings. The molecule has 0 aliphatic heterocycles. The van der Waals surface area contributed by atoms with Crippen molar-refractivity contribution in [2.45, 2.75) is 13.3 Å². The molecular formula is C5H6O. The van der Waals surface area contributed by atoms with Gasteiger partial charge >= 0.3 is 0 Å². The number of hydrogen-bond donors (Lipinski definition) is 0. The van der Waals surface area contributed by atoms with Gasteiger partial charge in [-0.25, -0.2) is 4.79 Å². The molecule has 0 N–H and O–H groups in total. The lowest BCUT2D eigenvalue weighted by atomic mass is 10.5. The van der Waals surface area contributed by atoms with E-state index in [4.69, 9.17) is 0 Å². The zero-order chi connectivity index (χ0) is 4.83. The Balaban J connectivity index is 3.47. The SMILES string of the molecule is CCC=C=C=O. The highest BCUT2D eigenvalue weighted by molar-refractivity contribution is 5.43. The molecule has 0 aromatic rings. The van der Waals surface area contributed by atoms with E-state index < -0.39 is 0 Å². The molecule has 0 saturated carbocycles. The molecule has 0 spiro atoms. The van der Waals surface area contributed by atoms with Crippen LogP contribution in [0.3, 0.4) is 0 Å². The first kappa shape index (κ1) is 5.23. The van der Waals surface area contributed by atoms with Crippen molar-refractivity contribution in [3.63, 3.8) is 0 Å². The molecule has 0 aromatic carbocycles. The van der Waals surface area contributed by atoms with Crippen LogP contribution >= 0.6 is 0 Å². The molecule has 1 heteroatoms. The van der Waals surface area contributed by atoms with E-state index in [-0.39, 0.29) is 0 Å². The van der Waals surface area contributed by atoms with E-state index in [0.717, 1.165) is 6.42 Å². The van der Waals surface area contributed by atoms with Crippen LogP contribution in [-0.4, -0.2) is 5.94 Å². The van der Waals surface area contributed by atoms with E-state index >= 15 is 0 Å². The first-order valence-electron chi connectivity index (χ1n) is 1.86. The van der Waals surface area contributed by atoms with Gasteiger partial charge in [-0.05, 0) is 18.2 Å². The maximum absolute atomic E-state index is 9.30. The van der Waals surface area contributed by atoms with Crippen LogP contribution in [0.1, 0.15) is 13.3 Å². The Morgan fingerprint density at radius 2 is 2.50 bits per heavy atom. The molecule has 0 rings (SSSR count). The van der Waals surface area contributed by atoms with Crippen LogP contribution in [0.2, 0.25) is 0 Å². The summed E-state index contributed by atoms with van der Waals surface area (Å²) in [5.74, 6) is 1.51. The molecule has 1 nitrogen and oxygen atoms in total. The van der Waals surface area contributed by atoms with Crippen LogP contribution in [-0.2, 0) is 4.79 Å². The van der Waals surface area contributed by atoms with E-state index in [1.807, 2.05) is 6.92 Å². The summed E-state index contributed by atoms with van der Waals surface area (Å²) in [4.78, 5) is 9.30. The zero-order valence-corrected chi connectivity index (χ0v) is 3.69. The number of rotatable bonds is 1. The monoisotopic (exact) mass is 82.0 g/mol. The van der Waals surface area contributed by atoms with Gasteiger partial charge in [0.2, 0.25) is 0 Å². The summed E-state index contributed by atoms with van der Waals surface area (Å²) in [6, 6.07) is 0. The molecule has 0 aliphatic carbocycles. The van der Waals surface area contributed by atoms with Crippen molar-refractivity contribution in [1.29, 1.82) is 0 Å². The molecule has 0 aliphatic rings. The van der Waals surface area contributed by atoms with Crippen LogP contribution < -0.4 is 0 Å². The molecule has 0 heterocycles. The van der Waals surface area contributed by atoms with Crippen LogP contribution in [0.25, 0.3) is 0 Å². The first-order valence-corrected chi connectivity index (χ1v) is 1.86. The molecule has 0 aromatic heterocycles. The highest BCUT2D eigenvalue weighted by atomic mass is 16.1. The second-order valence-corrected chi connectivity index (χ2v) is 0.859. The van der Waals surface area contributed by atoms with Crippen molar-refractivity contribution < 1.29 is 4.79 Å². The van der Waals surface area contributed by atoms with Crippen molar-refractivity contribution in [3.8, 4) is 0 Å². The van der Waals surface area contributed by atoms with Crippen molar-refractivity contribution in [3.05, 3.63) is 11.8 Å². The number of allylic oxidation sites excluding steroid dienone is 1. The smallest absolute Gasteiger partial charge is 0.176 e. The Morgan fingerprint density at radius 1 is 1.83 bits per heavy atom. The van der Waals surface area contributed by atoms with E-state index in [1.54, 1.807) is 6.08 Å². The Morgan fingerprint density at radius 3 is 2.67 bits per heavy atom. The lowest BCUT2D eigenvalue weighted by Crippen LogP contribution is -1.43. The minimum atomic E-state index is 0.856. The molecule has 6 heavy (non-hydrogen) atoms. The van der Waals surface area contributed by atoms with Crippen LogP contribution in [0.4, 0.5) is 0 Å². The second kappa shape index (κ2) is 4.23. The Labute approximate surface area is 37.0 Å². The Hall–Kier alpha value is -0.770. The van der Waals surface area contributed by atoms with Gasteiger partial charge in [-0.2, -0.15) is 0 Å². The van der Waals surface area contributed by atoms with Crippen LogP contribution in [0, 0.1) is 0 Å². The van der Waals surface area contributed by atoms with Crippen LogP contribution in [0.15, 0.2) is 11.8 Å². The van der Waals surface area contributed by atoms with Gasteiger partial charge in [-0.15, -0.1) is 0 Å². The maximum Gasteiger partial charge on any atom is 0.176 e. The fourth-order valence-electron chi connectivity index (χ4n) is 0.144. The minimum absolute atomic E-state index is 0.856. The number of carbonyl (C=O) groups excluding carboxylic acids is 1. The van der Waals surface area contributed by atoms with Crippen molar-refractivity contribution in [2.24, 2.45) is 0 Å². The minimum Gasteiger partial charge on any atom is -0.224 e. The van der Waals surface area contributed by atoms with E-state index in [0.29, 0.717) is 0 Å². The largest absolute Gasteiger partial charge is 0.224 e. The summed E-state index contributed by atoms with van der Waals surface area (Å²) in [6.07, 6.45) is 2.49. The molecule has 0 unspecified atom stereocenters. The highest BCUT2D eigenvalue weighted by Gasteiger charge is 1.52. The summed E-state index contributed by atoms with van der Waals surface area (Å²) < 4.78 is 0. The summed E-state index contributed by atoms with van der Waals surface area (Å²) >= 11 is 0. The normalized spacial score (nSPS) is 5.50. The van der Waals surface area contributed by atoms with Gasteiger partial charge in [0.15, 0.2) is 5.94 Å². The van der Waals surface area contributed by atoms with E-state index in [2.05, 4.69) is 5.73 Å². The van der Waals surface area contributed by atoms with Gasteiger partial charge in [0.1, 0.15) is 0 Å². The summed E-state index contributed by atoms with van der Waals surface area (Å²) in [7, 11) is 0. The quantitative estimate of drug-likeness (QED) is 0.340. The first-order chi connectivity index (χ1) is 2.91. The van der Waals surface area contributed by atoms with Gasteiger partial charge in [-0.1, -0.05) is 6.92 Å². The molecule has 32 valence electrons. The van der Waals surface area contributed by atoms with Crippen molar-refractivity contribution in [2.75, 3.05) is 0 Å². The number of hydrogen-bond acceptors (Lipinski definition) is 1. The third kappa shape index (κ3) is 3.23. The molecule has 0 atom stereocenters. The fraction of sp³-hybridized carbons (Fsp3) is 0.400. The molecule has 0 saturated heterocycles. The van der Waals surface area contributed by atoms with Crippen molar-refractivity contribution in [1.82, 2.24) is 0 Å². The van der Waals surface area contributed by atoms with Gasteiger partial charge in [0, 0.05) is 0 Å². The average molecular weight is 82.1 g/mol. The summed E-state index contributed by atoms with van der Waals surface area (Å²) in [5.41, 5.74) is 2.27. The fourth-order valence-corrected chi connectivity index (χ4v) is 0.144. The van der Waals surface area contributed by atoms with Gasteiger partial charge in [0.05, 0.1) is 0 Å². The second-order valence-electron chi connectivity index (χ2n) is 0.859. The molecule has 0 radical (unpaired) electrons. The predicted octanol–water partition coefficient (Wildman–Crippen LogP) is 0.939. The summed E-state index contributed by atoms with van der Waals surface area (Å²) in [6.45, 7) is 1.93. The predicted molar refractivity (Wildman–Crippen MR) is 24.1 cm³/mol. The summed E-state index contributed by atoms with van der Waals surface area (Å²) in [5, 5.41) is 0. The highest BCUT2D eigenvalue weighted by Crippen LogP contribution is 1.69. The average Bonchev–Trinajstić information content (AvgIpc) is 1.61. The molecule has 0 amide bonds. The van der Waals surface area contributed by atoms with Crippen LogP contribution in [0.5, 0.6) is 0 Å². The van der Waals surface area contributed by atoms with Crippen molar-refractivity contribution >= 4 is 5.94 Å². The zero-order valence-electron chi connectivity index (χ0n) is 3.69.